The van der Waals surface area contributed by atoms with E-state index < -0.39 is 5.54 Å². The largest absolute Gasteiger partial charge is 0.340 e. The van der Waals surface area contributed by atoms with E-state index in [0.717, 1.165) is 19.3 Å². The van der Waals surface area contributed by atoms with Crippen LogP contribution in [0.2, 0.25) is 0 Å². The van der Waals surface area contributed by atoms with E-state index in [-0.39, 0.29) is 11.5 Å². The van der Waals surface area contributed by atoms with Gasteiger partial charge in [0.05, 0.1) is 5.56 Å². The number of aryl methyl sites for hydroxylation is 2. The Balaban J connectivity index is 1.85. The fourth-order valence-electron chi connectivity index (χ4n) is 2.45. The summed E-state index contributed by atoms with van der Waals surface area (Å²) in [4.78, 5) is 28.0. The van der Waals surface area contributed by atoms with Crippen molar-refractivity contribution in [1.82, 2.24) is 20.0 Å². The molecule has 1 amide bonds. The molecule has 0 unspecified atom stereocenters. The highest BCUT2D eigenvalue weighted by Crippen LogP contribution is 2.39. The standard InChI is InChI=1S/C14H16N4O3/c1-9-15-13(17-21-9)14(6-3-7-14)16-12(20)10-4-5-11(19)18(2)8-10/h4-5,8H,3,6-7H2,1-2H3,(H,16,20). The number of rotatable bonds is 3. The Morgan fingerprint density at radius 1 is 1.43 bits per heavy atom. The molecule has 0 aromatic carbocycles. The van der Waals surface area contributed by atoms with Gasteiger partial charge >= 0.3 is 0 Å². The molecule has 0 aliphatic heterocycles. The van der Waals surface area contributed by atoms with Gasteiger partial charge in [-0.2, -0.15) is 4.98 Å². The Kier molecular flexibility index (Phi) is 3.12. The van der Waals surface area contributed by atoms with Crippen LogP contribution in [-0.4, -0.2) is 20.6 Å². The topological polar surface area (TPSA) is 90.0 Å². The van der Waals surface area contributed by atoms with Crippen LogP contribution in [0.1, 0.15) is 41.3 Å². The lowest BCUT2D eigenvalue weighted by atomic mass is 9.76. The van der Waals surface area contributed by atoms with Crippen LogP contribution in [0.4, 0.5) is 0 Å². The minimum Gasteiger partial charge on any atom is -0.340 e. The van der Waals surface area contributed by atoms with Crippen molar-refractivity contribution in [1.29, 1.82) is 0 Å². The van der Waals surface area contributed by atoms with Gasteiger partial charge in [-0.15, -0.1) is 0 Å². The highest BCUT2D eigenvalue weighted by Gasteiger charge is 2.44. The first-order chi connectivity index (χ1) is 10.00. The van der Waals surface area contributed by atoms with Gasteiger partial charge in [0, 0.05) is 26.2 Å². The van der Waals surface area contributed by atoms with Crippen LogP contribution in [-0.2, 0) is 12.6 Å². The van der Waals surface area contributed by atoms with E-state index in [9.17, 15) is 9.59 Å². The second-order valence-electron chi connectivity index (χ2n) is 5.39. The van der Waals surface area contributed by atoms with Gasteiger partial charge in [-0.3, -0.25) is 9.59 Å². The fraction of sp³-hybridized carbons (Fsp3) is 0.429. The van der Waals surface area contributed by atoms with Crippen molar-refractivity contribution in [3.05, 3.63) is 46.0 Å². The van der Waals surface area contributed by atoms with Crippen LogP contribution >= 0.6 is 0 Å². The minimum absolute atomic E-state index is 0.154. The number of aromatic nitrogens is 3. The molecule has 2 aromatic heterocycles. The maximum Gasteiger partial charge on any atom is 0.253 e. The molecule has 7 nitrogen and oxygen atoms in total. The van der Waals surface area contributed by atoms with E-state index in [2.05, 4.69) is 15.5 Å². The third kappa shape index (κ3) is 2.35. The van der Waals surface area contributed by atoms with Crippen molar-refractivity contribution in [3.63, 3.8) is 0 Å². The van der Waals surface area contributed by atoms with Gasteiger partial charge in [-0.05, 0) is 25.3 Å². The van der Waals surface area contributed by atoms with Gasteiger partial charge in [-0.25, -0.2) is 0 Å². The van der Waals surface area contributed by atoms with E-state index in [1.165, 1.54) is 22.9 Å². The zero-order valence-electron chi connectivity index (χ0n) is 11.9. The van der Waals surface area contributed by atoms with E-state index in [1.54, 1.807) is 14.0 Å². The maximum atomic E-state index is 12.4. The summed E-state index contributed by atoms with van der Waals surface area (Å²) in [6.45, 7) is 1.72. The number of pyridine rings is 1. The van der Waals surface area contributed by atoms with Gasteiger partial charge in [0.1, 0.15) is 5.54 Å². The molecule has 21 heavy (non-hydrogen) atoms. The van der Waals surface area contributed by atoms with Crippen LogP contribution in [0.5, 0.6) is 0 Å². The van der Waals surface area contributed by atoms with Gasteiger partial charge in [0.15, 0.2) is 5.82 Å². The first-order valence-electron chi connectivity index (χ1n) is 6.80. The van der Waals surface area contributed by atoms with Crippen molar-refractivity contribution in [2.75, 3.05) is 0 Å². The van der Waals surface area contributed by atoms with E-state index in [0.29, 0.717) is 17.3 Å². The Hall–Kier alpha value is -2.44. The molecular weight excluding hydrogens is 272 g/mol. The van der Waals surface area contributed by atoms with Crippen LogP contribution < -0.4 is 10.9 Å². The summed E-state index contributed by atoms with van der Waals surface area (Å²) in [7, 11) is 1.61. The number of carbonyl (C=O) groups excluding carboxylic acids is 1. The van der Waals surface area contributed by atoms with Crippen LogP contribution in [0, 0.1) is 6.92 Å². The summed E-state index contributed by atoms with van der Waals surface area (Å²) in [6.07, 6.45) is 4.08. The maximum absolute atomic E-state index is 12.4. The summed E-state index contributed by atoms with van der Waals surface area (Å²) < 4.78 is 6.39. The van der Waals surface area contributed by atoms with Gasteiger partial charge in [0.25, 0.3) is 5.91 Å². The molecule has 0 atom stereocenters. The highest BCUT2D eigenvalue weighted by atomic mass is 16.5. The molecule has 2 aromatic rings. The third-order valence-corrected chi connectivity index (χ3v) is 3.86. The Bertz CT molecular complexity index is 743. The third-order valence-electron chi connectivity index (χ3n) is 3.86. The van der Waals surface area contributed by atoms with Crippen molar-refractivity contribution in [2.45, 2.75) is 31.7 Å². The average molecular weight is 288 g/mol. The van der Waals surface area contributed by atoms with Crippen molar-refractivity contribution in [2.24, 2.45) is 7.05 Å². The first-order valence-corrected chi connectivity index (χ1v) is 6.80. The number of nitrogens with zero attached hydrogens (tertiary/aromatic N) is 3. The molecular formula is C14H16N4O3. The molecule has 0 bridgehead atoms. The molecule has 3 rings (SSSR count). The van der Waals surface area contributed by atoms with Gasteiger partial charge in [0.2, 0.25) is 11.4 Å². The lowest BCUT2D eigenvalue weighted by molar-refractivity contribution is 0.0804. The minimum atomic E-state index is -0.552. The molecule has 0 radical (unpaired) electrons. The second kappa shape index (κ2) is 4.83. The van der Waals surface area contributed by atoms with Crippen LogP contribution in [0.3, 0.4) is 0 Å². The highest BCUT2D eigenvalue weighted by molar-refractivity contribution is 5.94. The lowest BCUT2D eigenvalue weighted by Crippen LogP contribution is -2.51. The van der Waals surface area contributed by atoms with Crippen molar-refractivity contribution >= 4 is 5.91 Å². The summed E-state index contributed by atoms with van der Waals surface area (Å²) in [5, 5.41) is 6.92. The zero-order chi connectivity index (χ0) is 15.0. The van der Waals surface area contributed by atoms with Crippen molar-refractivity contribution < 1.29 is 9.32 Å². The zero-order valence-corrected chi connectivity index (χ0v) is 11.9. The molecule has 7 heteroatoms. The average Bonchev–Trinajstić information content (AvgIpc) is 2.83. The molecule has 0 saturated heterocycles. The molecule has 2 heterocycles. The Labute approximate surface area is 121 Å². The fourth-order valence-corrected chi connectivity index (χ4v) is 2.45. The van der Waals surface area contributed by atoms with Crippen LogP contribution in [0.15, 0.2) is 27.6 Å². The van der Waals surface area contributed by atoms with E-state index >= 15 is 0 Å². The monoisotopic (exact) mass is 288 g/mol. The van der Waals surface area contributed by atoms with E-state index in [4.69, 9.17) is 4.52 Å². The summed E-state index contributed by atoms with van der Waals surface area (Å²) in [5.41, 5.74) is -0.272. The first kappa shape index (κ1) is 13.5. The molecule has 1 aliphatic carbocycles. The molecule has 110 valence electrons. The van der Waals surface area contributed by atoms with Crippen molar-refractivity contribution in [3.8, 4) is 0 Å². The predicted octanol–water partition coefficient (Wildman–Crippen LogP) is 0.886. The van der Waals surface area contributed by atoms with Gasteiger partial charge in [-0.1, -0.05) is 5.16 Å². The van der Waals surface area contributed by atoms with Crippen LogP contribution in [0.25, 0.3) is 0 Å². The summed E-state index contributed by atoms with van der Waals surface area (Å²) in [5.74, 6) is 0.754. The lowest BCUT2D eigenvalue weighted by Gasteiger charge is -2.39. The van der Waals surface area contributed by atoms with Gasteiger partial charge < -0.3 is 14.4 Å². The molecule has 1 saturated carbocycles. The molecule has 1 fully saturated rings. The molecule has 1 aliphatic rings. The summed E-state index contributed by atoms with van der Waals surface area (Å²) >= 11 is 0. The molecule has 0 spiro atoms. The number of amides is 1. The smallest absolute Gasteiger partial charge is 0.253 e. The Morgan fingerprint density at radius 3 is 2.71 bits per heavy atom. The number of hydrogen-bond acceptors (Lipinski definition) is 5. The SMILES string of the molecule is Cc1nc(C2(NC(=O)c3ccc(=O)n(C)c3)CCC2)no1. The van der Waals surface area contributed by atoms with E-state index in [1.807, 2.05) is 0 Å². The normalized spacial score (nSPS) is 16.3. The number of carbonyl (C=O) groups is 1. The number of hydrogen-bond donors (Lipinski definition) is 1. The Morgan fingerprint density at radius 2 is 2.19 bits per heavy atom. The summed E-state index contributed by atoms with van der Waals surface area (Å²) in [6, 6.07) is 2.90. The second-order valence-corrected chi connectivity index (χ2v) is 5.39. The quantitative estimate of drug-likeness (QED) is 0.905. The molecule has 1 N–H and O–H groups in total. The number of nitrogens with one attached hydrogen (secondary N) is 1. The predicted molar refractivity (Wildman–Crippen MR) is 73.7 cm³/mol.